The van der Waals surface area contributed by atoms with E-state index < -0.39 is 10.8 Å². The van der Waals surface area contributed by atoms with Crippen LogP contribution in [-0.2, 0) is 10.8 Å². The Hall–Kier alpha value is -2.96. The van der Waals surface area contributed by atoms with E-state index in [4.69, 9.17) is 12.8 Å². The van der Waals surface area contributed by atoms with E-state index in [0.717, 1.165) is 0 Å². The summed E-state index contributed by atoms with van der Waals surface area (Å²) >= 11 is 0. The predicted molar refractivity (Wildman–Crippen MR) is 97.4 cm³/mol. The zero-order valence-corrected chi connectivity index (χ0v) is 13.2. The van der Waals surface area contributed by atoms with Gasteiger partial charge in [0, 0.05) is 11.8 Å². The highest BCUT2D eigenvalue weighted by Gasteiger charge is 2.63. The SMILES string of the molecule is C#CC12c3ccccc3C(C#C)(c3ccccc31)C1C=CC=CC12. The second kappa shape index (κ2) is 4.31. The number of allylic oxidation sites excluding steroid dienone is 4. The molecule has 2 atom stereocenters. The lowest BCUT2D eigenvalue weighted by atomic mass is 9.41. The van der Waals surface area contributed by atoms with Gasteiger partial charge < -0.3 is 0 Å². The molecular formula is C24H16. The van der Waals surface area contributed by atoms with Crippen molar-refractivity contribution in [2.24, 2.45) is 11.8 Å². The van der Waals surface area contributed by atoms with E-state index in [9.17, 15) is 0 Å². The van der Waals surface area contributed by atoms with Crippen LogP contribution in [0.15, 0.2) is 72.8 Å². The molecule has 2 unspecified atom stereocenters. The average molecular weight is 304 g/mol. The first-order valence-electron chi connectivity index (χ1n) is 8.31. The summed E-state index contributed by atoms with van der Waals surface area (Å²) in [7, 11) is 0. The van der Waals surface area contributed by atoms with Gasteiger partial charge in [-0.2, -0.15) is 0 Å². The van der Waals surface area contributed by atoms with Crippen molar-refractivity contribution in [3.05, 3.63) is 95.1 Å². The van der Waals surface area contributed by atoms with E-state index >= 15 is 0 Å². The Morgan fingerprint density at radius 3 is 1.25 bits per heavy atom. The van der Waals surface area contributed by atoms with E-state index in [1.807, 2.05) is 0 Å². The maximum absolute atomic E-state index is 6.24. The van der Waals surface area contributed by atoms with Gasteiger partial charge in [0.2, 0.25) is 0 Å². The Morgan fingerprint density at radius 1 is 0.625 bits per heavy atom. The highest BCUT2D eigenvalue weighted by molar-refractivity contribution is 5.72. The highest BCUT2D eigenvalue weighted by Crippen LogP contribution is 2.65. The summed E-state index contributed by atoms with van der Waals surface area (Å²) in [5.41, 5.74) is 3.90. The van der Waals surface area contributed by atoms with Gasteiger partial charge in [-0.05, 0) is 22.3 Å². The minimum Gasteiger partial charge on any atom is -0.119 e. The fourth-order valence-electron chi connectivity index (χ4n) is 5.29. The summed E-state index contributed by atoms with van der Waals surface area (Å²) in [6.45, 7) is 0. The van der Waals surface area contributed by atoms with Gasteiger partial charge in [-0.1, -0.05) is 84.7 Å². The summed E-state index contributed by atoms with van der Waals surface area (Å²) in [6, 6.07) is 17.0. The fraction of sp³-hybridized carbons (Fsp3) is 0.167. The molecule has 0 nitrogen and oxygen atoms in total. The summed E-state index contributed by atoms with van der Waals surface area (Å²) < 4.78 is 0. The van der Waals surface area contributed by atoms with Crippen LogP contribution in [0.5, 0.6) is 0 Å². The zero-order valence-electron chi connectivity index (χ0n) is 13.2. The highest BCUT2D eigenvalue weighted by atomic mass is 14.6. The van der Waals surface area contributed by atoms with E-state index in [-0.39, 0.29) is 11.8 Å². The van der Waals surface area contributed by atoms with Gasteiger partial charge in [-0.25, -0.2) is 0 Å². The predicted octanol–water partition coefficient (Wildman–Crippen LogP) is 4.21. The van der Waals surface area contributed by atoms with Crippen LogP contribution in [0.3, 0.4) is 0 Å². The molecule has 0 aliphatic heterocycles. The van der Waals surface area contributed by atoms with Crippen LogP contribution in [0.2, 0.25) is 0 Å². The summed E-state index contributed by atoms with van der Waals surface area (Å²) in [5, 5.41) is 0. The third-order valence-corrected chi connectivity index (χ3v) is 6.14. The molecule has 0 saturated heterocycles. The van der Waals surface area contributed by atoms with Crippen LogP contribution in [0.1, 0.15) is 22.3 Å². The second-order valence-corrected chi connectivity index (χ2v) is 6.82. The largest absolute Gasteiger partial charge is 0.119 e. The molecule has 24 heavy (non-hydrogen) atoms. The average Bonchev–Trinajstić information content (AvgIpc) is 2.67. The molecule has 112 valence electrons. The Morgan fingerprint density at radius 2 is 0.958 bits per heavy atom. The molecular weight excluding hydrogens is 288 g/mol. The first kappa shape index (κ1) is 13.5. The van der Waals surface area contributed by atoms with Crippen molar-refractivity contribution in [1.82, 2.24) is 0 Å². The van der Waals surface area contributed by atoms with Gasteiger partial charge in [-0.3, -0.25) is 0 Å². The number of terminal acetylenes is 2. The van der Waals surface area contributed by atoms with Gasteiger partial charge in [0.05, 0.1) is 10.8 Å². The lowest BCUT2D eigenvalue weighted by molar-refractivity contribution is 0.241. The van der Waals surface area contributed by atoms with Crippen LogP contribution in [0.4, 0.5) is 0 Å². The third-order valence-electron chi connectivity index (χ3n) is 6.14. The lowest BCUT2D eigenvalue weighted by Crippen LogP contribution is -2.58. The molecule has 0 fully saturated rings. The molecule has 0 radical (unpaired) electrons. The van der Waals surface area contributed by atoms with Crippen LogP contribution in [-0.4, -0.2) is 0 Å². The van der Waals surface area contributed by atoms with Crippen LogP contribution in [0.25, 0.3) is 0 Å². The molecule has 0 spiro atoms. The fourth-order valence-corrected chi connectivity index (χ4v) is 5.29. The van der Waals surface area contributed by atoms with Crippen molar-refractivity contribution >= 4 is 0 Å². The van der Waals surface area contributed by atoms with E-state index in [1.54, 1.807) is 0 Å². The maximum atomic E-state index is 6.24. The monoisotopic (exact) mass is 304 g/mol. The van der Waals surface area contributed by atoms with Crippen molar-refractivity contribution in [2.45, 2.75) is 10.8 Å². The molecule has 2 bridgehead atoms. The van der Waals surface area contributed by atoms with Crippen molar-refractivity contribution in [2.75, 3.05) is 0 Å². The van der Waals surface area contributed by atoms with Crippen LogP contribution < -0.4 is 0 Å². The van der Waals surface area contributed by atoms with Crippen LogP contribution >= 0.6 is 0 Å². The van der Waals surface area contributed by atoms with Gasteiger partial charge in [0.25, 0.3) is 0 Å². The molecule has 0 heterocycles. The Kier molecular flexibility index (Phi) is 2.42. The van der Waals surface area contributed by atoms with Crippen molar-refractivity contribution in [1.29, 1.82) is 0 Å². The topological polar surface area (TPSA) is 0 Å². The minimum atomic E-state index is -0.447. The number of hydrogen-bond donors (Lipinski definition) is 0. The first-order chi connectivity index (χ1) is 11.8. The summed E-state index contributed by atoms with van der Waals surface area (Å²) in [4.78, 5) is 0. The Bertz CT molecular complexity index is 873. The van der Waals surface area contributed by atoms with E-state index in [1.165, 1.54) is 22.3 Å². The van der Waals surface area contributed by atoms with E-state index in [2.05, 4.69) is 84.7 Å². The minimum absolute atomic E-state index is 0.188. The molecule has 0 N–H and O–H groups in total. The van der Waals surface area contributed by atoms with Gasteiger partial charge >= 0.3 is 0 Å². The molecule has 2 aromatic rings. The third kappa shape index (κ3) is 1.19. The zero-order chi connectivity index (χ0) is 16.4. The molecule has 4 aliphatic carbocycles. The molecule has 0 amide bonds. The van der Waals surface area contributed by atoms with Gasteiger partial charge in [0.15, 0.2) is 0 Å². The summed E-state index contributed by atoms with van der Waals surface area (Å²) in [5.74, 6) is 6.78. The lowest BCUT2D eigenvalue weighted by Gasteiger charge is -2.59. The second-order valence-electron chi connectivity index (χ2n) is 6.82. The molecule has 0 heteroatoms. The maximum Gasteiger partial charge on any atom is 0.0884 e. The number of hydrogen-bond acceptors (Lipinski definition) is 0. The standard InChI is InChI=1S/C24H16/c1-3-23-17-11-5-8-14-20(17)24(4-2,21-15-9-6-12-18(21)23)22-16-10-7-13-19(22)23/h1-2,5-17,20H. The Balaban J connectivity index is 2.05. The van der Waals surface area contributed by atoms with Crippen molar-refractivity contribution < 1.29 is 0 Å². The molecule has 0 aromatic heterocycles. The van der Waals surface area contributed by atoms with E-state index in [0.29, 0.717) is 0 Å². The van der Waals surface area contributed by atoms with Crippen molar-refractivity contribution in [3.63, 3.8) is 0 Å². The van der Waals surface area contributed by atoms with Gasteiger partial charge in [0.1, 0.15) is 0 Å². The summed E-state index contributed by atoms with van der Waals surface area (Å²) in [6.07, 6.45) is 21.2. The first-order valence-corrected chi connectivity index (χ1v) is 8.31. The normalized spacial score (nSPS) is 33.8. The van der Waals surface area contributed by atoms with Gasteiger partial charge in [-0.15, -0.1) is 12.8 Å². The van der Waals surface area contributed by atoms with Crippen molar-refractivity contribution in [3.8, 4) is 24.7 Å². The molecule has 2 aromatic carbocycles. The number of rotatable bonds is 0. The van der Waals surface area contributed by atoms with Crippen LogP contribution in [0, 0.1) is 36.5 Å². The molecule has 0 saturated carbocycles. The molecule has 6 rings (SSSR count). The number of benzene rings is 2. The Labute approximate surface area is 142 Å². The quantitative estimate of drug-likeness (QED) is 0.640. The smallest absolute Gasteiger partial charge is 0.0884 e. The molecule has 4 aliphatic rings.